The van der Waals surface area contributed by atoms with Crippen LogP contribution in [0.1, 0.15) is 11.6 Å². The Morgan fingerprint density at radius 2 is 1.63 bits per heavy atom. The molecule has 1 aromatic carbocycles. The van der Waals surface area contributed by atoms with Crippen LogP contribution in [0.2, 0.25) is 0 Å². The number of fused-ring (bicyclic) bond motifs is 1. The quantitative estimate of drug-likeness (QED) is 0.854. The molecule has 2 N–H and O–H groups in total. The Bertz CT molecular complexity index is 466. The van der Waals surface area contributed by atoms with Crippen molar-refractivity contribution in [2.45, 2.75) is 18.1 Å². The summed E-state index contributed by atoms with van der Waals surface area (Å²) < 4.78 is 72.3. The molecule has 3 nitrogen and oxygen atoms in total. The van der Waals surface area contributed by atoms with Gasteiger partial charge in [-0.1, -0.05) is 6.07 Å². The van der Waals surface area contributed by atoms with Gasteiger partial charge in [0.15, 0.2) is 11.5 Å². The molecule has 2 rings (SSSR count). The molecule has 0 aromatic heterocycles. The number of ether oxygens (including phenoxy) is 2. The van der Waals surface area contributed by atoms with Crippen LogP contribution in [-0.4, -0.2) is 18.9 Å². The van der Waals surface area contributed by atoms with Crippen molar-refractivity contribution in [3.63, 3.8) is 0 Å². The van der Waals surface area contributed by atoms with Gasteiger partial charge < -0.3 is 15.2 Å². The molecule has 1 atom stereocenters. The normalized spacial score (nSPS) is 15.9. The molecule has 0 aliphatic carbocycles. The Balaban J connectivity index is 0.00000180. The summed E-state index contributed by atoms with van der Waals surface area (Å²) in [5.41, 5.74) is 4.61. The zero-order valence-corrected chi connectivity index (χ0v) is 10.0. The van der Waals surface area contributed by atoms with Crippen molar-refractivity contribution < 1.29 is 31.4 Å². The Kier molecular flexibility index (Phi) is 4.16. The Morgan fingerprint density at radius 1 is 1.05 bits per heavy atom. The van der Waals surface area contributed by atoms with Gasteiger partial charge >= 0.3 is 12.1 Å². The van der Waals surface area contributed by atoms with Crippen LogP contribution in [0.4, 0.5) is 22.0 Å². The smallest absolute Gasteiger partial charge is 0.454 e. The summed E-state index contributed by atoms with van der Waals surface area (Å²) in [6, 6.07) is 0.820. The van der Waals surface area contributed by atoms with Gasteiger partial charge in [0.25, 0.3) is 0 Å². The number of halogens is 6. The van der Waals surface area contributed by atoms with Gasteiger partial charge in [-0.15, -0.1) is 12.4 Å². The lowest BCUT2D eigenvalue weighted by atomic mass is 10.0. The van der Waals surface area contributed by atoms with Gasteiger partial charge in [-0.2, -0.15) is 22.0 Å². The van der Waals surface area contributed by atoms with Crippen LogP contribution < -0.4 is 15.2 Å². The molecule has 1 aromatic rings. The second-order valence-electron chi connectivity index (χ2n) is 3.71. The zero-order chi connectivity index (χ0) is 13.6. The first-order chi connectivity index (χ1) is 8.23. The first-order valence-electron chi connectivity index (χ1n) is 4.83. The predicted octanol–water partition coefficient (Wildman–Crippen LogP) is 3.03. The number of rotatable bonds is 2. The van der Waals surface area contributed by atoms with Crippen LogP contribution in [0.15, 0.2) is 18.2 Å². The maximum absolute atomic E-state index is 13.0. The van der Waals surface area contributed by atoms with E-state index in [1.165, 1.54) is 6.07 Å². The van der Waals surface area contributed by atoms with E-state index < -0.39 is 18.1 Å². The molecular formula is C10H9ClF5NO2. The standard InChI is InChI=1S/C10H8F5NO2.ClH/c11-9(12,10(13,14)15)8(16)5-1-2-6-7(3-5)18-4-17-6;/h1-3,8H,4,16H2;1H/t8-;/m1./s1. The SMILES string of the molecule is Cl.N[C@H](c1ccc2c(c1)OCO2)C(F)(F)C(F)(F)F. The Morgan fingerprint density at radius 3 is 2.21 bits per heavy atom. The summed E-state index contributed by atoms with van der Waals surface area (Å²) >= 11 is 0. The van der Waals surface area contributed by atoms with Gasteiger partial charge in [-0.3, -0.25) is 0 Å². The van der Waals surface area contributed by atoms with Crippen LogP contribution in [0.5, 0.6) is 11.5 Å². The Labute approximate surface area is 110 Å². The van der Waals surface area contributed by atoms with E-state index in [0.29, 0.717) is 0 Å². The lowest BCUT2D eigenvalue weighted by Crippen LogP contribution is -2.45. The van der Waals surface area contributed by atoms with Crippen molar-refractivity contribution in [1.82, 2.24) is 0 Å². The van der Waals surface area contributed by atoms with Crippen molar-refractivity contribution in [2.75, 3.05) is 6.79 Å². The van der Waals surface area contributed by atoms with Crippen molar-refractivity contribution in [1.29, 1.82) is 0 Å². The van der Waals surface area contributed by atoms with E-state index in [9.17, 15) is 22.0 Å². The molecular weight excluding hydrogens is 297 g/mol. The third-order valence-electron chi connectivity index (χ3n) is 2.52. The van der Waals surface area contributed by atoms with E-state index in [4.69, 9.17) is 15.2 Å². The third kappa shape index (κ3) is 2.69. The first kappa shape index (κ1) is 15.8. The van der Waals surface area contributed by atoms with Crippen molar-refractivity contribution in [3.05, 3.63) is 23.8 Å². The maximum atomic E-state index is 13.0. The van der Waals surface area contributed by atoms with Crippen molar-refractivity contribution in [3.8, 4) is 11.5 Å². The minimum atomic E-state index is -5.71. The van der Waals surface area contributed by atoms with Gasteiger partial charge in [0.05, 0.1) is 0 Å². The summed E-state index contributed by atoms with van der Waals surface area (Å²) in [4.78, 5) is 0. The summed E-state index contributed by atoms with van der Waals surface area (Å²) in [6.07, 6.45) is -5.71. The average Bonchev–Trinajstić information content (AvgIpc) is 2.73. The van der Waals surface area contributed by atoms with E-state index in [1.807, 2.05) is 0 Å². The molecule has 1 aliphatic rings. The van der Waals surface area contributed by atoms with Crippen molar-refractivity contribution in [2.24, 2.45) is 5.73 Å². The Hall–Kier alpha value is -1.28. The van der Waals surface area contributed by atoms with Crippen LogP contribution >= 0.6 is 12.4 Å². The highest BCUT2D eigenvalue weighted by Gasteiger charge is 2.61. The fraction of sp³-hybridized carbons (Fsp3) is 0.400. The molecule has 0 bridgehead atoms. The minimum absolute atomic E-state index is 0. The van der Waals surface area contributed by atoms with Crippen LogP contribution in [0.25, 0.3) is 0 Å². The molecule has 1 heterocycles. The van der Waals surface area contributed by atoms with Crippen LogP contribution in [0.3, 0.4) is 0 Å². The molecule has 0 saturated heterocycles. The fourth-order valence-corrected chi connectivity index (χ4v) is 1.49. The summed E-state index contributed by atoms with van der Waals surface area (Å²) in [5, 5.41) is 0. The van der Waals surface area contributed by atoms with Crippen molar-refractivity contribution >= 4 is 12.4 Å². The number of hydrogen-bond acceptors (Lipinski definition) is 3. The molecule has 0 spiro atoms. The third-order valence-corrected chi connectivity index (χ3v) is 2.52. The van der Waals surface area contributed by atoms with E-state index in [1.54, 1.807) is 0 Å². The molecule has 0 saturated carbocycles. The highest BCUT2D eigenvalue weighted by Crippen LogP contribution is 2.44. The largest absolute Gasteiger partial charge is 0.455 e. The molecule has 0 amide bonds. The van der Waals surface area contributed by atoms with E-state index >= 15 is 0 Å². The number of benzene rings is 1. The monoisotopic (exact) mass is 305 g/mol. The van der Waals surface area contributed by atoms with Crippen LogP contribution in [0, 0.1) is 0 Å². The highest BCUT2D eigenvalue weighted by atomic mass is 35.5. The highest BCUT2D eigenvalue weighted by molar-refractivity contribution is 5.85. The maximum Gasteiger partial charge on any atom is 0.455 e. The number of nitrogens with two attached hydrogens (primary N) is 1. The first-order valence-corrected chi connectivity index (χ1v) is 4.83. The second-order valence-corrected chi connectivity index (χ2v) is 3.71. The minimum Gasteiger partial charge on any atom is -0.454 e. The van der Waals surface area contributed by atoms with Gasteiger partial charge in [0.1, 0.15) is 6.04 Å². The number of alkyl halides is 5. The lowest BCUT2D eigenvalue weighted by Gasteiger charge is -2.25. The molecule has 0 radical (unpaired) electrons. The van der Waals surface area contributed by atoms with E-state index in [0.717, 1.165) is 12.1 Å². The zero-order valence-electron chi connectivity index (χ0n) is 9.21. The summed E-state index contributed by atoms with van der Waals surface area (Å²) in [5.74, 6) is -4.64. The molecule has 19 heavy (non-hydrogen) atoms. The second kappa shape index (κ2) is 5.01. The van der Waals surface area contributed by atoms with E-state index in [-0.39, 0.29) is 36.3 Å². The molecule has 0 unspecified atom stereocenters. The summed E-state index contributed by atoms with van der Waals surface area (Å²) in [6.45, 7) is -0.107. The number of hydrogen-bond donors (Lipinski definition) is 1. The van der Waals surface area contributed by atoms with Gasteiger partial charge in [0.2, 0.25) is 6.79 Å². The topological polar surface area (TPSA) is 44.5 Å². The average molecular weight is 306 g/mol. The van der Waals surface area contributed by atoms with Gasteiger partial charge in [-0.05, 0) is 17.7 Å². The van der Waals surface area contributed by atoms with E-state index in [2.05, 4.69) is 0 Å². The summed E-state index contributed by atoms with van der Waals surface area (Å²) in [7, 11) is 0. The predicted molar refractivity (Wildman–Crippen MR) is 57.7 cm³/mol. The molecule has 1 aliphatic heterocycles. The van der Waals surface area contributed by atoms with Gasteiger partial charge in [-0.25, -0.2) is 0 Å². The molecule has 0 fully saturated rings. The van der Waals surface area contributed by atoms with Crippen LogP contribution in [-0.2, 0) is 0 Å². The molecule has 9 heteroatoms. The van der Waals surface area contributed by atoms with Gasteiger partial charge in [0, 0.05) is 0 Å². The lowest BCUT2D eigenvalue weighted by molar-refractivity contribution is -0.291. The molecule has 108 valence electrons. The fourth-order valence-electron chi connectivity index (χ4n) is 1.49.